The predicted octanol–water partition coefficient (Wildman–Crippen LogP) is 5.20. The Kier molecular flexibility index (Phi) is 4.00. The lowest BCUT2D eigenvalue weighted by atomic mass is 9.42. The van der Waals surface area contributed by atoms with Crippen molar-refractivity contribution in [2.75, 3.05) is 0 Å². The van der Waals surface area contributed by atoms with Crippen molar-refractivity contribution in [3.05, 3.63) is 112 Å². The molecule has 152 valence electrons. The molecule has 6 rings (SSSR count). The number of carbonyl (C=O) groups excluding carboxylic acids is 2. The van der Waals surface area contributed by atoms with Gasteiger partial charge in [-0.15, -0.1) is 0 Å². The maximum atomic E-state index is 14.0. The third kappa shape index (κ3) is 2.41. The van der Waals surface area contributed by atoms with Crippen LogP contribution in [0.25, 0.3) is 6.08 Å². The molecule has 3 aromatic carbocycles. The van der Waals surface area contributed by atoms with Gasteiger partial charge >= 0.3 is 0 Å². The van der Waals surface area contributed by atoms with Crippen molar-refractivity contribution < 1.29 is 9.59 Å². The van der Waals surface area contributed by atoms with Crippen LogP contribution in [0.5, 0.6) is 0 Å². The molecule has 31 heavy (non-hydrogen) atoms. The summed E-state index contributed by atoms with van der Waals surface area (Å²) in [6, 6.07) is 25.4. The van der Waals surface area contributed by atoms with Gasteiger partial charge in [0.15, 0.2) is 0 Å². The first kappa shape index (κ1) is 18.6. The normalized spacial score (nSPS) is 28.0. The number of hydrogen-bond donors (Lipinski definition) is 0. The SMILES string of the molecule is O=C1C2C(c3ccc(Cl)cc3)C3C=Cc4ccccc4C32C(=O)N1Cc1ccccc1. The van der Waals surface area contributed by atoms with Crippen molar-refractivity contribution >= 4 is 29.5 Å². The molecule has 3 aliphatic rings. The summed E-state index contributed by atoms with van der Waals surface area (Å²) < 4.78 is 0. The maximum Gasteiger partial charge on any atom is 0.241 e. The number of likely N-dealkylation sites (tertiary alicyclic amines) is 1. The van der Waals surface area contributed by atoms with Gasteiger partial charge in [-0.05, 0) is 34.4 Å². The minimum Gasteiger partial charge on any atom is -0.277 e. The van der Waals surface area contributed by atoms with E-state index >= 15 is 0 Å². The third-order valence-corrected chi connectivity index (χ3v) is 7.47. The molecular formula is C27H20ClNO2. The standard InChI is InChI=1S/C27H20ClNO2/c28-20-13-10-19(11-14-20)23-22-15-12-18-8-4-5-9-21(18)27(22)24(23)25(30)29(26(27)31)16-17-6-2-1-3-7-17/h1-15,22-24H,16H2. The van der Waals surface area contributed by atoms with E-state index in [4.69, 9.17) is 11.6 Å². The Morgan fingerprint density at radius 2 is 1.58 bits per heavy atom. The Morgan fingerprint density at radius 1 is 0.871 bits per heavy atom. The summed E-state index contributed by atoms with van der Waals surface area (Å²) in [7, 11) is 0. The molecule has 0 aromatic heterocycles. The van der Waals surface area contributed by atoms with Crippen molar-refractivity contribution in [2.45, 2.75) is 17.9 Å². The number of nitrogens with zero attached hydrogens (tertiary/aromatic N) is 1. The van der Waals surface area contributed by atoms with Gasteiger partial charge in [0.25, 0.3) is 0 Å². The van der Waals surface area contributed by atoms with E-state index in [-0.39, 0.29) is 23.7 Å². The van der Waals surface area contributed by atoms with Gasteiger partial charge in [-0.2, -0.15) is 0 Å². The number of rotatable bonds is 3. The molecule has 1 saturated carbocycles. The second-order valence-corrected chi connectivity index (χ2v) is 9.05. The fraction of sp³-hybridized carbons (Fsp3) is 0.185. The highest BCUT2D eigenvalue weighted by Gasteiger charge is 2.75. The summed E-state index contributed by atoms with van der Waals surface area (Å²) in [5, 5.41) is 0.665. The molecule has 2 fully saturated rings. The Morgan fingerprint density at radius 3 is 2.35 bits per heavy atom. The predicted molar refractivity (Wildman–Crippen MR) is 120 cm³/mol. The van der Waals surface area contributed by atoms with E-state index in [0.717, 1.165) is 22.3 Å². The summed E-state index contributed by atoms with van der Waals surface area (Å²) in [6.07, 6.45) is 4.23. The van der Waals surface area contributed by atoms with Crippen molar-refractivity contribution in [1.29, 1.82) is 0 Å². The highest BCUT2D eigenvalue weighted by atomic mass is 35.5. The van der Waals surface area contributed by atoms with Gasteiger partial charge in [0.1, 0.15) is 0 Å². The van der Waals surface area contributed by atoms with Gasteiger partial charge in [0, 0.05) is 16.9 Å². The number of amides is 2. The van der Waals surface area contributed by atoms with E-state index in [2.05, 4.69) is 12.2 Å². The zero-order valence-electron chi connectivity index (χ0n) is 16.7. The molecule has 4 unspecified atom stereocenters. The lowest BCUT2D eigenvalue weighted by molar-refractivity contribution is -0.140. The maximum absolute atomic E-state index is 14.0. The molecule has 3 aromatic rings. The Labute approximate surface area is 186 Å². The molecular weight excluding hydrogens is 406 g/mol. The molecule has 1 spiro atoms. The molecule has 3 nitrogen and oxygen atoms in total. The minimum absolute atomic E-state index is 0.0425. The molecule has 1 heterocycles. The van der Waals surface area contributed by atoms with Crippen molar-refractivity contribution in [3.8, 4) is 0 Å². The van der Waals surface area contributed by atoms with Crippen LogP contribution in [0, 0.1) is 11.8 Å². The quantitative estimate of drug-likeness (QED) is 0.540. The Balaban J connectivity index is 1.50. The first-order chi connectivity index (χ1) is 15.1. The van der Waals surface area contributed by atoms with E-state index in [9.17, 15) is 9.59 Å². The molecule has 2 amide bonds. The first-order valence-electron chi connectivity index (χ1n) is 10.6. The molecule has 0 N–H and O–H groups in total. The molecule has 4 heteroatoms. The number of benzene rings is 3. The van der Waals surface area contributed by atoms with Gasteiger partial charge < -0.3 is 0 Å². The molecule has 0 bridgehead atoms. The van der Waals surface area contributed by atoms with Crippen LogP contribution in [-0.2, 0) is 21.5 Å². The average Bonchev–Trinajstić information content (AvgIpc) is 2.94. The second kappa shape index (κ2) is 6.66. The molecule has 2 aliphatic carbocycles. The molecule has 1 aliphatic heterocycles. The summed E-state index contributed by atoms with van der Waals surface area (Å²) in [6.45, 7) is 0.308. The van der Waals surface area contributed by atoms with Gasteiger partial charge in [-0.1, -0.05) is 90.5 Å². The highest BCUT2D eigenvalue weighted by Crippen LogP contribution is 2.68. The van der Waals surface area contributed by atoms with Crippen LogP contribution in [0.2, 0.25) is 5.02 Å². The monoisotopic (exact) mass is 425 g/mol. The highest BCUT2D eigenvalue weighted by molar-refractivity contribution is 6.30. The van der Waals surface area contributed by atoms with Gasteiger partial charge in [0.2, 0.25) is 11.8 Å². The van der Waals surface area contributed by atoms with E-state index in [1.807, 2.05) is 78.9 Å². The second-order valence-electron chi connectivity index (χ2n) is 8.61. The van der Waals surface area contributed by atoms with Crippen molar-refractivity contribution in [2.24, 2.45) is 11.8 Å². The lowest BCUT2D eigenvalue weighted by Gasteiger charge is -2.56. The van der Waals surface area contributed by atoms with Crippen LogP contribution in [0.3, 0.4) is 0 Å². The van der Waals surface area contributed by atoms with Crippen LogP contribution in [0.15, 0.2) is 84.9 Å². The zero-order valence-corrected chi connectivity index (χ0v) is 17.5. The number of carbonyl (C=O) groups is 2. The number of fused-ring (bicyclic) bond motifs is 1. The Bertz CT molecular complexity index is 1230. The largest absolute Gasteiger partial charge is 0.277 e. The van der Waals surface area contributed by atoms with Crippen LogP contribution in [0.4, 0.5) is 0 Å². The summed E-state index contributed by atoms with van der Waals surface area (Å²) in [5.74, 6) is -0.639. The number of imide groups is 1. The molecule has 4 atom stereocenters. The van der Waals surface area contributed by atoms with Gasteiger partial charge in [0.05, 0.1) is 17.9 Å². The van der Waals surface area contributed by atoms with Crippen molar-refractivity contribution in [1.82, 2.24) is 4.90 Å². The summed E-state index contributed by atoms with van der Waals surface area (Å²) in [4.78, 5) is 29.2. The fourth-order valence-electron chi connectivity index (χ4n) is 5.94. The van der Waals surface area contributed by atoms with E-state index in [1.165, 1.54) is 4.90 Å². The third-order valence-electron chi connectivity index (χ3n) is 7.22. The molecule has 0 radical (unpaired) electrons. The fourth-order valence-corrected chi connectivity index (χ4v) is 6.06. The molecule has 1 saturated heterocycles. The van der Waals surface area contributed by atoms with Crippen molar-refractivity contribution in [3.63, 3.8) is 0 Å². The van der Waals surface area contributed by atoms with Gasteiger partial charge in [-0.25, -0.2) is 0 Å². The van der Waals surface area contributed by atoms with E-state index < -0.39 is 11.3 Å². The number of allylic oxidation sites excluding steroid dienone is 1. The Hall–Kier alpha value is -3.17. The zero-order chi connectivity index (χ0) is 21.2. The topological polar surface area (TPSA) is 37.4 Å². The van der Waals surface area contributed by atoms with Gasteiger partial charge in [-0.3, -0.25) is 14.5 Å². The van der Waals surface area contributed by atoms with E-state index in [1.54, 1.807) is 0 Å². The lowest BCUT2D eigenvalue weighted by Crippen LogP contribution is -2.61. The van der Waals surface area contributed by atoms with Crippen LogP contribution in [0.1, 0.15) is 28.2 Å². The summed E-state index contributed by atoms with van der Waals surface area (Å²) >= 11 is 6.11. The number of halogens is 1. The van der Waals surface area contributed by atoms with Crippen LogP contribution < -0.4 is 0 Å². The summed E-state index contributed by atoms with van der Waals surface area (Å²) in [5.41, 5.74) is 3.21. The van der Waals surface area contributed by atoms with E-state index in [0.29, 0.717) is 11.6 Å². The average molecular weight is 426 g/mol. The minimum atomic E-state index is -0.818. The number of hydrogen-bond acceptors (Lipinski definition) is 2. The van der Waals surface area contributed by atoms with Crippen LogP contribution >= 0.6 is 11.6 Å². The first-order valence-corrected chi connectivity index (χ1v) is 10.9. The van der Waals surface area contributed by atoms with Crippen LogP contribution in [-0.4, -0.2) is 16.7 Å². The smallest absolute Gasteiger partial charge is 0.241 e.